The molecule has 0 heterocycles. The molecule has 0 saturated carbocycles. The van der Waals surface area contributed by atoms with Crippen molar-refractivity contribution in [3.63, 3.8) is 0 Å². The normalized spacial score (nSPS) is 14.7. The Morgan fingerprint density at radius 2 is 0.541 bits per heavy atom. The second kappa shape index (κ2) is 70.6. The second-order valence-electron chi connectivity index (χ2n) is 24.5. The third-order valence-electron chi connectivity index (χ3n) is 15.1. The highest BCUT2D eigenvalue weighted by atomic mass is 31.2. The molecule has 0 aliphatic heterocycles. The molecule has 0 fully saturated rings. The van der Waals surface area contributed by atoms with Crippen LogP contribution in [0.1, 0.15) is 285 Å². The number of allylic oxidation sites excluding steroid dienone is 22. The molecule has 17 nitrogen and oxygen atoms in total. The van der Waals surface area contributed by atoms with Gasteiger partial charge in [0.15, 0.2) is 12.2 Å². The highest BCUT2D eigenvalue weighted by molar-refractivity contribution is 7.47. The maximum absolute atomic E-state index is 13.1. The molecular formula is C79H132O17P2. The van der Waals surface area contributed by atoms with Gasteiger partial charge in [0.05, 0.1) is 26.4 Å². The minimum Gasteiger partial charge on any atom is -0.462 e. The number of phosphoric ester groups is 2. The Bertz CT molecular complexity index is 2380. The first-order valence-corrected chi connectivity index (χ1v) is 40.4. The number of hydrogen-bond donors (Lipinski definition) is 3. The van der Waals surface area contributed by atoms with Crippen LogP contribution in [0.25, 0.3) is 0 Å². The van der Waals surface area contributed by atoms with Crippen molar-refractivity contribution in [2.24, 2.45) is 0 Å². The Hall–Kier alpha value is -4.80. The molecule has 0 amide bonds. The van der Waals surface area contributed by atoms with Crippen LogP contribution >= 0.6 is 15.6 Å². The molecule has 0 spiro atoms. The molecule has 98 heavy (non-hydrogen) atoms. The number of carbonyl (C=O) groups excluding carboxylic acids is 4. The minimum atomic E-state index is -4.99. The van der Waals surface area contributed by atoms with Gasteiger partial charge < -0.3 is 33.8 Å². The van der Waals surface area contributed by atoms with E-state index in [0.717, 1.165) is 148 Å². The summed E-state index contributed by atoms with van der Waals surface area (Å²) in [5.74, 6) is -2.31. The highest BCUT2D eigenvalue weighted by Gasteiger charge is 2.30. The SMILES string of the molecule is CC/C=C\C/C=C\C/C=C\C/C=C\C/C=C\CCCC(=O)OCC(COP(=O)(O)OCC(O)COP(=O)(O)OCC(COC(=O)CCCC/C=C\C/C=C\C/C=C\C/C=C\CC)OC(=O)CCCCCCC/C=C\CCCCCC)OC(=O)CCCCCCC/C=C\CCCCCC. The van der Waals surface area contributed by atoms with E-state index in [1.54, 1.807) is 0 Å². The molecule has 0 aromatic rings. The van der Waals surface area contributed by atoms with E-state index in [1.165, 1.54) is 51.4 Å². The predicted octanol–water partition coefficient (Wildman–Crippen LogP) is 21.3. The fraction of sp³-hybridized carbons (Fsp3) is 0.671. The maximum Gasteiger partial charge on any atom is 0.472 e. The summed E-state index contributed by atoms with van der Waals surface area (Å²) in [5.41, 5.74) is 0. The van der Waals surface area contributed by atoms with E-state index in [9.17, 15) is 43.2 Å². The molecule has 0 rings (SSSR count). The van der Waals surface area contributed by atoms with Gasteiger partial charge in [-0.1, -0.05) is 238 Å². The number of unbranched alkanes of at least 4 members (excludes halogenated alkanes) is 21. The summed E-state index contributed by atoms with van der Waals surface area (Å²) in [6.45, 7) is 4.46. The van der Waals surface area contributed by atoms with Crippen LogP contribution in [-0.2, 0) is 65.4 Å². The van der Waals surface area contributed by atoms with Gasteiger partial charge in [0.2, 0.25) is 0 Å². The zero-order chi connectivity index (χ0) is 71.8. The fourth-order valence-corrected chi connectivity index (χ4v) is 11.0. The maximum atomic E-state index is 13.1. The Kier molecular flexibility index (Phi) is 67.2. The molecule has 5 atom stereocenters. The van der Waals surface area contributed by atoms with E-state index in [2.05, 4.69) is 149 Å². The molecule has 560 valence electrons. The van der Waals surface area contributed by atoms with Crippen LogP contribution in [0, 0.1) is 0 Å². The fourth-order valence-electron chi connectivity index (χ4n) is 9.41. The lowest BCUT2D eigenvalue weighted by molar-refractivity contribution is -0.161. The molecule has 0 aromatic carbocycles. The van der Waals surface area contributed by atoms with E-state index in [1.807, 2.05) is 12.2 Å². The lowest BCUT2D eigenvalue weighted by Gasteiger charge is -2.21. The molecule has 0 bridgehead atoms. The summed E-state index contributed by atoms with van der Waals surface area (Å²) >= 11 is 0. The lowest BCUT2D eigenvalue weighted by Crippen LogP contribution is -2.30. The summed E-state index contributed by atoms with van der Waals surface area (Å²) in [6.07, 6.45) is 77.5. The second-order valence-corrected chi connectivity index (χ2v) is 27.4. The molecule has 0 radical (unpaired) electrons. The topological polar surface area (TPSA) is 237 Å². The Labute approximate surface area is 593 Å². The molecule has 0 aromatic heterocycles. The van der Waals surface area contributed by atoms with E-state index in [-0.39, 0.29) is 25.7 Å². The molecule has 5 unspecified atom stereocenters. The van der Waals surface area contributed by atoms with Gasteiger partial charge in [0.25, 0.3) is 0 Å². The van der Waals surface area contributed by atoms with E-state index >= 15 is 0 Å². The average Bonchev–Trinajstić information content (AvgIpc) is 0.969. The quantitative estimate of drug-likeness (QED) is 0.0169. The predicted molar refractivity (Wildman–Crippen MR) is 399 cm³/mol. The average molecular weight is 1420 g/mol. The highest BCUT2D eigenvalue weighted by Crippen LogP contribution is 2.45. The molecule has 19 heteroatoms. The van der Waals surface area contributed by atoms with Gasteiger partial charge in [-0.05, 0) is 154 Å². The summed E-state index contributed by atoms with van der Waals surface area (Å²) in [7, 11) is -9.98. The van der Waals surface area contributed by atoms with Crippen molar-refractivity contribution in [2.75, 3.05) is 39.6 Å². The van der Waals surface area contributed by atoms with E-state index < -0.39 is 97.5 Å². The van der Waals surface area contributed by atoms with Crippen molar-refractivity contribution >= 4 is 39.5 Å². The molecule has 0 saturated heterocycles. The van der Waals surface area contributed by atoms with E-state index in [0.29, 0.717) is 32.1 Å². The van der Waals surface area contributed by atoms with Crippen LogP contribution < -0.4 is 0 Å². The van der Waals surface area contributed by atoms with Crippen molar-refractivity contribution in [3.05, 3.63) is 134 Å². The Morgan fingerprint density at radius 1 is 0.296 bits per heavy atom. The molecule has 0 aliphatic rings. The van der Waals surface area contributed by atoms with Crippen LogP contribution in [0.4, 0.5) is 0 Å². The molecular weight excluding hydrogens is 1280 g/mol. The van der Waals surface area contributed by atoms with Gasteiger partial charge in [-0.25, -0.2) is 9.13 Å². The van der Waals surface area contributed by atoms with Crippen molar-refractivity contribution in [1.82, 2.24) is 0 Å². The minimum absolute atomic E-state index is 0.0687. The van der Waals surface area contributed by atoms with Crippen LogP contribution in [0.3, 0.4) is 0 Å². The van der Waals surface area contributed by atoms with Crippen LogP contribution in [0.5, 0.6) is 0 Å². The summed E-state index contributed by atoms with van der Waals surface area (Å²) in [4.78, 5) is 72.7. The van der Waals surface area contributed by atoms with Gasteiger partial charge in [-0.3, -0.25) is 37.3 Å². The number of aliphatic hydroxyl groups excluding tert-OH is 1. The molecule has 0 aliphatic carbocycles. The number of phosphoric acid groups is 2. The standard InChI is InChI=1S/C79H132O17P2/c1-5-9-13-17-21-25-29-33-35-36-38-42-44-48-52-56-60-64-77(82)90-70-75(96-79(84)66-62-58-54-50-46-40-32-28-24-20-16-12-8-4)72-94-98(87,88)92-68-73(80)67-91-97(85,86)93-71-74(95-78(83)65-61-57-53-49-45-39-31-27-23-19-15-11-7-3)69-89-76(81)63-59-55-51-47-43-41-37-34-30-26-22-18-14-10-6-2/h9-10,13-14,21-22,25-28,31-35,37-38,42-43,47-48,52,73-75,80H,5-8,11-12,15-20,23-24,29-30,36,39-41,44-46,49-51,53-72H2,1-4H3,(H,85,86)(H,87,88)/b13-9-,14-10-,25-21-,26-22-,31-27-,32-28-,35-33-,37-34-,42-38-,47-43-,52-48-. The van der Waals surface area contributed by atoms with Gasteiger partial charge in [0, 0.05) is 25.7 Å². The number of aliphatic hydroxyl groups is 1. The number of carbonyl (C=O) groups is 4. The van der Waals surface area contributed by atoms with Gasteiger partial charge in [-0.2, -0.15) is 0 Å². The van der Waals surface area contributed by atoms with Crippen molar-refractivity contribution in [3.8, 4) is 0 Å². The number of esters is 4. The lowest BCUT2D eigenvalue weighted by atomic mass is 10.1. The van der Waals surface area contributed by atoms with Crippen LogP contribution in [0.2, 0.25) is 0 Å². The van der Waals surface area contributed by atoms with Crippen molar-refractivity contribution in [2.45, 2.75) is 303 Å². The first-order valence-electron chi connectivity index (χ1n) is 37.4. The van der Waals surface area contributed by atoms with E-state index in [4.69, 9.17) is 37.0 Å². The van der Waals surface area contributed by atoms with Gasteiger partial charge in [-0.15, -0.1) is 0 Å². The van der Waals surface area contributed by atoms with Gasteiger partial charge in [0.1, 0.15) is 19.3 Å². The summed E-state index contributed by atoms with van der Waals surface area (Å²) in [5, 5.41) is 10.6. The Balaban J connectivity index is 5.44. The van der Waals surface area contributed by atoms with Crippen LogP contribution in [-0.4, -0.2) is 96.7 Å². The monoisotopic (exact) mass is 1410 g/mol. The largest absolute Gasteiger partial charge is 0.472 e. The third-order valence-corrected chi connectivity index (χ3v) is 17.0. The first-order chi connectivity index (χ1) is 47.7. The third kappa shape index (κ3) is 69.7. The number of ether oxygens (including phenoxy) is 4. The summed E-state index contributed by atoms with van der Waals surface area (Å²) < 4.78 is 68.3. The smallest absolute Gasteiger partial charge is 0.462 e. The van der Waals surface area contributed by atoms with Gasteiger partial charge >= 0.3 is 39.5 Å². The van der Waals surface area contributed by atoms with Crippen molar-refractivity contribution in [1.29, 1.82) is 0 Å². The Morgan fingerprint density at radius 3 is 0.888 bits per heavy atom. The summed E-state index contributed by atoms with van der Waals surface area (Å²) in [6, 6.07) is 0. The molecule has 3 N–H and O–H groups in total. The number of hydrogen-bond acceptors (Lipinski definition) is 15. The zero-order valence-electron chi connectivity index (χ0n) is 60.9. The van der Waals surface area contributed by atoms with Crippen LogP contribution in [0.15, 0.2) is 134 Å². The number of rotatable bonds is 69. The van der Waals surface area contributed by atoms with Crippen molar-refractivity contribution < 1.29 is 80.2 Å². The first kappa shape index (κ1) is 93.2. The zero-order valence-corrected chi connectivity index (χ0v) is 62.7.